The maximum atomic E-state index is 13.6. The first kappa shape index (κ1) is 15.0. The van der Waals surface area contributed by atoms with Gasteiger partial charge in [-0.15, -0.1) is 0 Å². The molecule has 110 valence electrons. The van der Waals surface area contributed by atoms with Gasteiger partial charge >= 0.3 is 0 Å². The van der Waals surface area contributed by atoms with Gasteiger partial charge in [0.25, 0.3) is 0 Å². The van der Waals surface area contributed by atoms with Gasteiger partial charge in [0.2, 0.25) is 5.95 Å². The predicted octanol–water partition coefficient (Wildman–Crippen LogP) is 5.26. The Morgan fingerprint density at radius 2 is 2.05 bits per heavy atom. The topological polar surface area (TPSA) is 28.7 Å². The standard InChI is InChI=1S/C13H15FN2.C4H10/c1-7-4-3-5-9-6-10-12(8(2)11(7)9)13(14)16-15-10;1-3-4-2/h6-7H,3-5H2,1-2H3,(H,15,16);3-4H2,1-2H3. The van der Waals surface area contributed by atoms with Crippen LogP contribution < -0.4 is 0 Å². The summed E-state index contributed by atoms with van der Waals surface area (Å²) in [4.78, 5) is 0. The minimum absolute atomic E-state index is 0.298. The summed E-state index contributed by atoms with van der Waals surface area (Å²) >= 11 is 0. The smallest absolute Gasteiger partial charge is 0.217 e. The highest BCUT2D eigenvalue weighted by atomic mass is 19.1. The highest BCUT2D eigenvalue weighted by molar-refractivity contribution is 5.84. The number of H-pyrrole nitrogens is 1. The molecule has 1 unspecified atom stereocenters. The fraction of sp³-hybridized carbons (Fsp3) is 0.588. The Bertz CT molecular complexity index is 584. The molecule has 0 fully saturated rings. The van der Waals surface area contributed by atoms with Crippen molar-refractivity contribution in [3.05, 3.63) is 28.7 Å². The first-order valence-corrected chi connectivity index (χ1v) is 7.76. The van der Waals surface area contributed by atoms with Gasteiger partial charge in [0.1, 0.15) is 0 Å². The molecule has 0 bridgehead atoms. The first-order chi connectivity index (χ1) is 9.60. The van der Waals surface area contributed by atoms with E-state index < -0.39 is 0 Å². The summed E-state index contributed by atoms with van der Waals surface area (Å²) in [7, 11) is 0. The highest BCUT2D eigenvalue weighted by Gasteiger charge is 2.22. The first-order valence-electron chi connectivity index (χ1n) is 7.76. The fourth-order valence-corrected chi connectivity index (χ4v) is 3.05. The van der Waals surface area contributed by atoms with Gasteiger partial charge in [-0.2, -0.15) is 9.49 Å². The summed E-state index contributed by atoms with van der Waals surface area (Å²) in [5.41, 5.74) is 4.54. The predicted molar refractivity (Wildman–Crippen MR) is 82.7 cm³/mol. The van der Waals surface area contributed by atoms with Crippen molar-refractivity contribution in [2.24, 2.45) is 0 Å². The van der Waals surface area contributed by atoms with Crippen molar-refractivity contribution in [3.8, 4) is 0 Å². The summed E-state index contributed by atoms with van der Waals surface area (Å²) in [5.74, 6) is 0.246. The van der Waals surface area contributed by atoms with E-state index in [2.05, 4.69) is 31.0 Å². The van der Waals surface area contributed by atoms with E-state index in [4.69, 9.17) is 0 Å². The van der Waals surface area contributed by atoms with Crippen LogP contribution in [-0.2, 0) is 6.42 Å². The van der Waals surface area contributed by atoms with Gasteiger partial charge in [-0.1, -0.05) is 33.6 Å². The molecule has 1 N–H and O–H groups in total. The molecular formula is C17H25FN2. The Labute approximate surface area is 120 Å². The number of rotatable bonds is 1. The van der Waals surface area contributed by atoms with Gasteiger partial charge in [0.05, 0.1) is 10.9 Å². The Morgan fingerprint density at radius 3 is 2.70 bits per heavy atom. The lowest BCUT2D eigenvalue weighted by molar-refractivity contribution is 0.582. The van der Waals surface area contributed by atoms with Gasteiger partial charge in [-0.05, 0) is 54.9 Å². The molecule has 0 amide bonds. The number of benzene rings is 1. The van der Waals surface area contributed by atoms with E-state index in [0.717, 1.165) is 17.5 Å². The quantitative estimate of drug-likeness (QED) is 0.756. The molecule has 0 saturated heterocycles. The van der Waals surface area contributed by atoms with Crippen LogP contribution in [0.3, 0.4) is 0 Å². The number of hydrogen-bond donors (Lipinski definition) is 1. The third-order valence-corrected chi connectivity index (χ3v) is 4.26. The second-order valence-corrected chi connectivity index (χ2v) is 5.80. The molecular weight excluding hydrogens is 251 g/mol. The van der Waals surface area contributed by atoms with Crippen molar-refractivity contribution in [2.75, 3.05) is 0 Å². The van der Waals surface area contributed by atoms with Crippen LogP contribution in [0.15, 0.2) is 6.07 Å². The van der Waals surface area contributed by atoms with Crippen molar-refractivity contribution < 1.29 is 4.39 Å². The summed E-state index contributed by atoms with van der Waals surface area (Å²) < 4.78 is 13.6. The molecule has 3 heteroatoms. The maximum Gasteiger partial charge on any atom is 0.217 e. The molecule has 1 aliphatic rings. The van der Waals surface area contributed by atoms with Crippen molar-refractivity contribution in [2.45, 2.75) is 65.7 Å². The lowest BCUT2D eigenvalue weighted by Crippen LogP contribution is -2.09. The normalized spacial score (nSPS) is 17.6. The summed E-state index contributed by atoms with van der Waals surface area (Å²) in [5, 5.41) is 7.12. The van der Waals surface area contributed by atoms with Crippen LogP contribution >= 0.6 is 0 Å². The number of unbranched alkanes of at least 4 members (excludes halogenated alkanes) is 1. The minimum Gasteiger partial charge on any atom is -0.252 e. The Morgan fingerprint density at radius 1 is 1.35 bits per heavy atom. The largest absolute Gasteiger partial charge is 0.252 e. The van der Waals surface area contributed by atoms with Gasteiger partial charge in [0.15, 0.2) is 0 Å². The average molecular weight is 276 g/mol. The number of nitrogens with zero attached hydrogens (tertiary/aromatic N) is 1. The SMILES string of the molecule is CCCC.Cc1c2c(cc3n[nH]c(F)c13)CCCC2C. The Kier molecular flexibility index (Phi) is 4.79. The zero-order valence-corrected chi connectivity index (χ0v) is 13.0. The van der Waals surface area contributed by atoms with Gasteiger partial charge in [-0.3, -0.25) is 5.10 Å². The molecule has 0 saturated carbocycles. The van der Waals surface area contributed by atoms with E-state index >= 15 is 0 Å². The molecule has 0 aliphatic heterocycles. The van der Waals surface area contributed by atoms with Crippen molar-refractivity contribution in [1.29, 1.82) is 0 Å². The minimum atomic E-state index is -0.298. The molecule has 20 heavy (non-hydrogen) atoms. The second-order valence-electron chi connectivity index (χ2n) is 5.80. The Hall–Kier alpha value is -1.38. The molecule has 1 aromatic heterocycles. The van der Waals surface area contributed by atoms with Gasteiger partial charge in [-0.25, -0.2) is 0 Å². The zero-order valence-electron chi connectivity index (χ0n) is 13.0. The van der Waals surface area contributed by atoms with Gasteiger partial charge < -0.3 is 0 Å². The molecule has 1 aromatic carbocycles. The summed E-state index contributed by atoms with van der Waals surface area (Å²) in [6, 6.07) is 2.05. The Balaban J connectivity index is 0.000000328. The van der Waals surface area contributed by atoms with Crippen molar-refractivity contribution in [1.82, 2.24) is 10.2 Å². The van der Waals surface area contributed by atoms with E-state index in [1.165, 1.54) is 36.8 Å². The molecule has 0 spiro atoms. The van der Waals surface area contributed by atoms with Crippen LogP contribution in [0, 0.1) is 12.9 Å². The van der Waals surface area contributed by atoms with Crippen LogP contribution in [0.4, 0.5) is 4.39 Å². The van der Waals surface area contributed by atoms with E-state index in [0.29, 0.717) is 11.3 Å². The van der Waals surface area contributed by atoms with Gasteiger partial charge in [0, 0.05) is 0 Å². The molecule has 2 aromatic rings. The number of hydrogen-bond acceptors (Lipinski definition) is 1. The van der Waals surface area contributed by atoms with E-state index in [1.54, 1.807) is 0 Å². The van der Waals surface area contributed by atoms with E-state index in [1.807, 2.05) is 13.0 Å². The number of aryl methyl sites for hydroxylation is 2. The van der Waals surface area contributed by atoms with Crippen LogP contribution in [0.25, 0.3) is 10.9 Å². The third-order valence-electron chi connectivity index (χ3n) is 4.26. The third kappa shape index (κ3) is 2.72. The van der Waals surface area contributed by atoms with E-state index in [9.17, 15) is 4.39 Å². The molecule has 1 heterocycles. The molecule has 1 atom stereocenters. The fourth-order valence-electron chi connectivity index (χ4n) is 3.05. The number of nitrogens with one attached hydrogen (secondary N) is 1. The summed E-state index contributed by atoms with van der Waals surface area (Å²) in [6.45, 7) is 8.61. The average Bonchev–Trinajstić information content (AvgIpc) is 2.81. The zero-order chi connectivity index (χ0) is 14.7. The monoisotopic (exact) mass is 276 g/mol. The lowest BCUT2D eigenvalue weighted by Gasteiger charge is -2.24. The van der Waals surface area contributed by atoms with E-state index in [-0.39, 0.29) is 5.95 Å². The van der Waals surface area contributed by atoms with Crippen LogP contribution in [0.2, 0.25) is 0 Å². The molecule has 0 radical (unpaired) electrons. The van der Waals surface area contributed by atoms with Crippen molar-refractivity contribution in [3.63, 3.8) is 0 Å². The second kappa shape index (κ2) is 6.38. The number of fused-ring (bicyclic) bond motifs is 2. The maximum absolute atomic E-state index is 13.6. The van der Waals surface area contributed by atoms with Crippen LogP contribution in [0.1, 0.15) is 69.1 Å². The summed E-state index contributed by atoms with van der Waals surface area (Å²) in [6.07, 6.45) is 6.18. The number of aromatic nitrogens is 2. The number of aromatic amines is 1. The molecule has 2 nitrogen and oxygen atoms in total. The highest BCUT2D eigenvalue weighted by Crippen LogP contribution is 2.37. The van der Waals surface area contributed by atoms with Crippen LogP contribution in [-0.4, -0.2) is 10.2 Å². The van der Waals surface area contributed by atoms with Crippen LogP contribution in [0.5, 0.6) is 0 Å². The lowest BCUT2D eigenvalue weighted by atomic mass is 9.80. The van der Waals surface area contributed by atoms with Crippen molar-refractivity contribution >= 4 is 10.9 Å². The molecule has 3 rings (SSSR count). The molecule has 1 aliphatic carbocycles. The number of halogens is 1.